The summed E-state index contributed by atoms with van der Waals surface area (Å²) >= 11 is 0. The van der Waals surface area contributed by atoms with Gasteiger partial charge in [0.15, 0.2) is 0 Å². The van der Waals surface area contributed by atoms with Crippen LogP contribution in [0, 0.1) is 0 Å². The summed E-state index contributed by atoms with van der Waals surface area (Å²) in [4.78, 5) is 25.2. The molecule has 1 N–H and O–H groups in total. The summed E-state index contributed by atoms with van der Waals surface area (Å²) in [5.74, 6) is -0.282. The average Bonchev–Trinajstić information content (AvgIpc) is 2.72. The Hall–Kier alpha value is -1.18. The third kappa shape index (κ3) is 2.10. The van der Waals surface area contributed by atoms with Crippen LogP contribution in [0.15, 0.2) is 0 Å². The third-order valence-corrected chi connectivity index (χ3v) is 4.34. The highest BCUT2D eigenvalue weighted by molar-refractivity contribution is 5.85. The van der Waals surface area contributed by atoms with Crippen molar-refractivity contribution in [2.75, 3.05) is 13.1 Å². The van der Waals surface area contributed by atoms with Gasteiger partial charge in [0.05, 0.1) is 24.9 Å². The molecule has 0 aromatic heterocycles. The second-order valence-corrected chi connectivity index (χ2v) is 5.95. The molecule has 0 spiro atoms. The molecular formula is C13H18N2O5. The van der Waals surface area contributed by atoms with Gasteiger partial charge < -0.3 is 19.1 Å². The van der Waals surface area contributed by atoms with Gasteiger partial charge in [-0.05, 0) is 6.42 Å². The molecule has 5 aliphatic rings. The number of carbonyl (C=O) groups is 2. The number of carbonyl (C=O) groups excluding carboxylic acids is 2. The van der Waals surface area contributed by atoms with Crippen molar-refractivity contribution in [2.24, 2.45) is 0 Å². The Morgan fingerprint density at radius 2 is 1.80 bits per heavy atom. The highest BCUT2D eigenvalue weighted by Crippen LogP contribution is 2.43. The standard InChI is InChI=1S/C13H18N2O5/c16-11(7-15-3-1-2-12(15)17)14-13-18-8-4-9(19-13)6-10(5-8)20-13/h8-10H,1-7H2,(H,14,16). The van der Waals surface area contributed by atoms with Crippen LogP contribution in [-0.2, 0) is 23.8 Å². The molecule has 4 bridgehead atoms. The minimum absolute atomic E-state index is 0.0217. The molecule has 0 unspecified atom stereocenters. The molecule has 4 aliphatic heterocycles. The molecule has 7 nitrogen and oxygen atoms in total. The van der Waals surface area contributed by atoms with Gasteiger partial charge >= 0.3 is 6.10 Å². The van der Waals surface area contributed by atoms with E-state index in [-0.39, 0.29) is 36.7 Å². The van der Waals surface area contributed by atoms with Crippen LogP contribution in [0.5, 0.6) is 0 Å². The van der Waals surface area contributed by atoms with Crippen LogP contribution in [0.25, 0.3) is 0 Å². The van der Waals surface area contributed by atoms with Gasteiger partial charge in [-0.2, -0.15) is 0 Å². The molecular weight excluding hydrogens is 264 g/mol. The highest BCUT2D eigenvalue weighted by atomic mass is 16.9. The molecule has 1 aliphatic carbocycles. The summed E-state index contributed by atoms with van der Waals surface area (Å²) < 4.78 is 17.1. The molecule has 2 amide bonds. The van der Waals surface area contributed by atoms with E-state index in [1.54, 1.807) is 4.90 Å². The SMILES string of the molecule is O=C(CN1CCCC1=O)NC12OC3CC(CC(C3)O1)O2. The first-order valence-corrected chi connectivity index (χ1v) is 7.24. The van der Waals surface area contributed by atoms with Crippen molar-refractivity contribution >= 4 is 11.8 Å². The summed E-state index contributed by atoms with van der Waals surface area (Å²) in [5, 5.41) is 2.67. The molecule has 5 fully saturated rings. The van der Waals surface area contributed by atoms with Crippen molar-refractivity contribution in [3.05, 3.63) is 0 Å². The molecule has 4 saturated heterocycles. The van der Waals surface area contributed by atoms with Crippen LogP contribution >= 0.6 is 0 Å². The minimum atomic E-state index is -1.42. The zero-order valence-electron chi connectivity index (χ0n) is 11.2. The second kappa shape index (κ2) is 4.41. The minimum Gasteiger partial charge on any atom is -0.333 e. The van der Waals surface area contributed by atoms with Gasteiger partial charge in [0, 0.05) is 32.2 Å². The molecule has 5 rings (SSSR count). The predicted molar refractivity (Wildman–Crippen MR) is 65.2 cm³/mol. The summed E-state index contributed by atoms with van der Waals surface area (Å²) in [7, 11) is 0. The highest BCUT2D eigenvalue weighted by Gasteiger charge is 2.56. The second-order valence-electron chi connectivity index (χ2n) is 5.95. The largest absolute Gasteiger partial charge is 0.377 e. The Kier molecular flexibility index (Phi) is 2.77. The Balaban J connectivity index is 1.41. The average molecular weight is 282 g/mol. The molecule has 1 saturated carbocycles. The number of rotatable bonds is 3. The van der Waals surface area contributed by atoms with Gasteiger partial charge in [-0.15, -0.1) is 0 Å². The van der Waals surface area contributed by atoms with Gasteiger partial charge in [0.1, 0.15) is 0 Å². The predicted octanol–water partition coefficient (Wildman–Crippen LogP) is -0.297. The number of nitrogens with zero attached hydrogens (tertiary/aromatic N) is 1. The van der Waals surface area contributed by atoms with Crippen LogP contribution in [-0.4, -0.2) is 54.2 Å². The number of nitrogens with one attached hydrogen (secondary N) is 1. The van der Waals surface area contributed by atoms with E-state index in [1.807, 2.05) is 0 Å². The molecule has 20 heavy (non-hydrogen) atoms. The van der Waals surface area contributed by atoms with Gasteiger partial charge in [0.2, 0.25) is 11.8 Å². The van der Waals surface area contributed by atoms with Crippen LogP contribution in [0.3, 0.4) is 0 Å². The zero-order valence-corrected chi connectivity index (χ0v) is 11.2. The van der Waals surface area contributed by atoms with E-state index in [1.165, 1.54) is 0 Å². The molecule has 0 radical (unpaired) electrons. The maximum atomic E-state index is 12.1. The normalized spacial score (nSPS) is 42.3. The molecule has 0 atom stereocenters. The number of ether oxygens (including phenoxy) is 3. The van der Waals surface area contributed by atoms with Crippen molar-refractivity contribution < 1.29 is 23.8 Å². The van der Waals surface area contributed by atoms with Gasteiger partial charge in [-0.3, -0.25) is 14.9 Å². The summed E-state index contributed by atoms with van der Waals surface area (Å²) in [6, 6.07) is 0. The Morgan fingerprint density at radius 3 is 2.30 bits per heavy atom. The third-order valence-electron chi connectivity index (χ3n) is 4.34. The van der Waals surface area contributed by atoms with Crippen molar-refractivity contribution in [1.82, 2.24) is 10.2 Å². The number of hydrogen-bond acceptors (Lipinski definition) is 5. The van der Waals surface area contributed by atoms with E-state index in [9.17, 15) is 9.59 Å². The Morgan fingerprint density at radius 1 is 1.20 bits per heavy atom. The van der Waals surface area contributed by atoms with Crippen LogP contribution in [0.4, 0.5) is 0 Å². The lowest BCUT2D eigenvalue weighted by Gasteiger charge is -2.54. The van der Waals surface area contributed by atoms with Crippen LogP contribution in [0.2, 0.25) is 0 Å². The lowest BCUT2D eigenvalue weighted by molar-refractivity contribution is -0.501. The molecule has 4 heterocycles. The summed E-state index contributed by atoms with van der Waals surface area (Å²) in [6.07, 6.45) is 2.78. The van der Waals surface area contributed by atoms with Crippen molar-refractivity contribution in [3.8, 4) is 0 Å². The van der Waals surface area contributed by atoms with E-state index in [0.29, 0.717) is 13.0 Å². The van der Waals surface area contributed by atoms with Gasteiger partial charge in [0.25, 0.3) is 0 Å². The monoisotopic (exact) mass is 282 g/mol. The van der Waals surface area contributed by atoms with E-state index in [4.69, 9.17) is 14.2 Å². The van der Waals surface area contributed by atoms with Crippen LogP contribution in [0.1, 0.15) is 32.1 Å². The Labute approximate surface area is 116 Å². The topological polar surface area (TPSA) is 77.1 Å². The molecule has 7 heteroatoms. The number of hydrogen-bond donors (Lipinski definition) is 1. The first kappa shape index (κ1) is 12.6. The lowest BCUT2D eigenvalue weighted by atomic mass is 9.90. The summed E-state index contributed by atoms with van der Waals surface area (Å²) in [5.41, 5.74) is 0. The van der Waals surface area contributed by atoms with Crippen molar-refractivity contribution in [3.63, 3.8) is 0 Å². The smallest absolute Gasteiger partial charge is 0.333 e. The molecule has 110 valence electrons. The van der Waals surface area contributed by atoms with Crippen molar-refractivity contribution in [1.29, 1.82) is 0 Å². The maximum absolute atomic E-state index is 12.1. The lowest BCUT2D eigenvalue weighted by Crippen LogP contribution is -2.69. The number of likely N-dealkylation sites (tertiary alicyclic amines) is 1. The molecule has 0 aromatic carbocycles. The van der Waals surface area contributed by atoms with E-state index in [0.717, 1.165) is 25.7 Å². The Bertz CT molecular complexity index is 417. The quantitative estimate of drug-likeness (QED) is 0.769. The fourth-order valence-electron chi connectivity index (χ4n) is 3.54. The van der Waals surface area contributed by atoms with Gasteiger partial charge in [-0.25, -0.2) is 0 Å². The van der Waals surface area contributed by atoms with E-state index < -0.39 is 6.10 Å². The fourth-order valence-corrected chi connectivity index (χ4v) is 3.54. The zero-order chi connectivity index (χ0) is 13.7. The summed E-state index contributed by atoms with van der Waals surface area (Å²) in [6.45, 7) is 0.673. The first-order chi connectivity index (χ1) is 9.62. The van der Waals surface area contributed by atoms with E-state index in [2.05, 4.69) is 5.32 Å². The first-order valence-electron chi connectivity index (χ1n) is 7.24. The molecule has 0 aromatic rings. The van der Waals surface area contributed by atoms with Gasteiger partial charge in [-0.1, -0.05) is 0 Å². The van der Waals surface area contributed by atoms with Crippen molar-refractivity contribution in [2.45, 2.75) is 56.5 Å². The fraction of sp³-hybridized carbons (Fsp3) is 0.846. The number of amides is 2. The maximum Gasteiger partial charge on any atom is 0.377 e. The van der Waals surface area contributed by atoms with Crippen LogP contribution < -0.4 is 5.32 Å². The van der Waals surface area contributed by atoms with E-state index >= 15 is 0 Å².